The molecule has 1 N–H and O–H groups in total. The van der Waals surface area contributed by atoms with Gasteiger partial charge in [-0.3, -0.25) is 9.36 Å². The summed E-state index contributed by atoms with van der Waals surface area (Å²) in [5.74, 6) is 1.51. The highest BCUT2D eigenvalue weighted by atomic mass is 32.2. The average Bonchev–Trinajstić information content (AvgIpc) is 3.51. The van der Waals surface area contributed by atoms with E-state index in [9.17, 15) is 4.79 Å². The van der Waals surface area contributed by atoms with Gasteiger partial charge in [0.15, 0.2) is 5.16 Å². The fourth-order valence-electron chi connectivity index (χ4n) is 3.18. The number of nitrogens with zero attached hydrogens (tertiary/aromatic N) is 2. The Balaban J connectivity index is 1.48. The van der Waals surface area contributed by atoms with Gasteiger partial charge in [-0.05, 0) is 68.0 Å². The van der Waals surface area contributed by atoms with Gasteiger partial charge < -0.3 is 5.32 Å². The number of benzene rings is 1. The van der Waals surface area contributed by atoms with Crippen molar-refractivity contribution in [1.29, 1.82) is 0 Å². The molecule has 0 spiro atoms. The molecule has 120 valence electrons. The molecular formula is C18H21N3OS. The zero-order valence-corrected chi connectivity index (χ0v) is 14.1. The Kier molecular flexibility index (Phi) is 3.89. The summed E-state index contributed by atoms with van der Waals surface area (Å²) in [5, 5.41) is 4.22. The van der Waals surface area contributed by atoms with E-state index in [1.54, 1.807) is 18.0 Å². The molecule has 1 aromatic heterocycles. The summed E-state index contributed by atoms with van der Waals surface area (Å²) < 4.78 is 2.03. The SMILES string of the molecule is CSc1nccn1-c1ccc(C(=O)NC(C2CC2)C2CC2)cc1. The lowest BCUT2D eigenvalue weighted by Crippen LogP contribution is -2.38. The molecule has 23 heavy (non-hydrogen) atoms. The summed E-state index contributed by atoms with van der Waals surface area (Å²) in [6.07, 6.45) is 10.9. The molecule has 2 aromatic rings. The fraction of sp³-hybridized carbons (Fsp3) is 0.444. The van der Waals surface area contributed by atoms with Gasteiger partial charge in [-0.2, -0.15) is 0 Å². The van der Waals surface area contributed by atoms with E-state index in [-0.39, 0.29) is 5.91 Å². The van der Waals surface area contributed by atoms with E-state index < -0.39 is 0 Å². The molecule has 0 saturated heterocycles. The van der Waals surface area contributed by atoms with Crippen LogP contribution in [0.3, 0.4) is 0 Å². The molecule has 1 heterocycles. The van der Waals surface area contributed by atoms with Crippen LogP contribution in [-0.2, 0) is 0 Å². The smallest absolute Gasteiger partial charge is 0.251 e. The second-order valence-electron chi connectivity index (χ2n) is 6.50. The van der Waals surface area contributed by atoms with Crippen LogP contribution in [0.1, 0.15) is 36.0 Å². The summed E-state index contributed by atoms with van der Waals surface area (Å²) in [5.41, 5.74) is 1.77. The van der Waals surface area contributed by atoms with E-state index in [1.807, 2.05) is 41.3 Å². The largest absolute Gasteiger partial charge is 0.349 e. The second kappa shape index (κ2) is 6.04. The van der Waals surface area contributed by atoms with Gasteiger partial charge in [0.1, 0.15) is 0 Å². The molecule has 1 aromatic carbocycles. The fourth-order valence-corrected chi connectivity index (χ4v) is 3.71. The van der Waals surface area contributed by atoms with Crippen molar-refractivity contribution in [2.45, 2.75) is 36.9 Å². The Morgan fingerprint density at radius 3 is 2.43 bits per heavy atom. The Morgan fingerprint density at radius 1 is 1.22 bits per heavy atom. The van der Waals surface area contributed by atoms with Gasteiger partial charge in [0.25, 0.3) is 5.91 Å². The van der Waals surface area contributed by atoms with Gasteiger partial charge in [-0.25, -0.2) is 4.98 Å². The van der Waals surface area contributed by atoms with Crippen LogP contribution in [0.2, 0.25) is 0 Å². The molecule has 2 aliphatic rings. The van der Waals surface area contributed by atoms with Crippen molar-refractivity contribution < 1.29 is 4.79 Å². The Bertz CT molecular complexity index is 689. The lowest BCUT2D eigenvalue weighted by atomic mass is 10.1. The molecule has 2 saturated carbocycles. The number of carbonyl (C=O) groups is 1. The number of thioether (sulfide) groups is 1. The highest BCUT2D eigenvalue weighted by Crippen LogP contribution is 2.44. The van der Waals surface area contributed by atoms with Crippen molar-refractivity contribution in [1.82, 2.24) is 14.9 Å². The Labute approximate surface area is 140 Å². The maximum Gasteiger partial charge on any atom is 0.251 e. The summed E-state index contributed by atoms with van der Waals surface area (Å²) in [6.45, 7) is 0. The van der Waals surface area contributed by atoms with E-state index in [1.165, 1.54) is 25.7 Å². The van der Waals surface area contributed by atoms with Crippen molar-refractivity contribution in [2.75, 3.05) is 6.26 Å². The molecule has 2 fully saturated rings. The summed E-state index contributed by atoms with van der Waals surface area (Å²) in [7, 11) is 0. The second-order valence-corrected chi connectivity index (χ2v) is 7.28. The first-order valence-electron chi connectivity index (χ1n) is 8.25. The predicted molar refractivity (Wildman–Crippen MR) is 92.0 cm³/mol. The number of imidazole rings is 1. The van der Waals surface area contributed by atoms with Crippen LogP contribution in [-0.4, -0.2) is 27.8 Å². The first kappa shape index (κ1) is 14.8. The van der Waals surface area contributed by atoms with E-state index in [0.717, 1.165) is 28.2 Å². The van der Waals surface area contributed by atoms with Crippen LogP contribution in [0.4, 0.5) is 0 Å². The zero-order valence-electron chi connectivity index (χ0n) is 13.2. The maximum atomic E-state index is 12.5. The van der Waals surface area contributed by atoms with Crippen LogP contribution in [0, 0.1) is 11.8 Å². The van der Waals surface area contributed by atoms with Crippen LogP contribution < -0.4 is 5.32 Å². The minimum Gasteiger partial charge on any atom is -0.349 e. The summed E-state index contributed by atoms with van der Waals surface area (Å²) in [6, 6.07) is 8.19. The molecule has 5 heteroatoms. The number of hydrogen-bond acceptors (Lipinski definition) is 3. The number of carbonyl (C=O) groups excluding carboxylic acids is 1. The van der Waals surface area contributed by atoms with Crippen molar-refractivity contribution in [3.63, 3.8) is 0 Å². The van der Waals surface area contributed by atoms with Crippen molar-refractivity contribution in [2.24, 2.45) is 11.8 Å². The van der Waals surface area contributed by atoms with Gasteiger partial charge in [0.2, 0.25) is 0 Å². The summed E-state index contributed by atoms with van der Waals surface area (Å²) in [4.78, 5) is 16.8. The quantitative estimate of drug-likeness (QED) is 0.826. The highest BCUT2D eigenvalue weighted by molar-refractivity contribution is 7.98. The number of nitrogens with one attached hydrogen (secondary N) is 1. The van der Waals surface area contributed by atoms with E-state index >= 15 is 0 Å². The third-order valence-corrected chi connectivity index (χ3v) is 5.42. The molecule has 2 aliphatic carbocycles. The average molecular weight is 327 g/mol. The Hall–Kier alpha value is -1.75. The molecule has 0 unspecified atom stereocenters. The number of hydrogen-bond donors (Lipinski definition) is 1. The molecular weight excluding hydrogens is 306 g/mol. The van der Waals surface area contributed by atoms with E-state index in [4.69, 9.17) is 0 Å². The van der Waals surface area contributed by atoms with Gasteiger partial charge in [0.05, 0.1) is 0 Å². The van der Waals surface area contributed by atoms with Gasteiger partial charge in [-0.15, -0.1) is 0 Å². The molecule has 0 radical (unpaired) electrons. The minimum atomic E-state index is 0.0658. The monoisotopic (exact) mass is 327 g/mol. The predicted octanol–water partition coefficient (Wildman–Crippen LogP) is 3.51. The van der Waals surface area contributed by atoms with E-state index in [2.05, 4.69) is 10.3 Å². The molecule has 0 atom stereocenters. The molecule has 0 aliphatic heterocycles. The molecule has 4 nitrogen and oxygen atoms in total. The Morgan fingerprint density at radius 2 is 1.87 bits per heavy atom. The van der Waals surface area contributed by atoms with E-state index in [0.29, 0.717) is 6.04 Å². The lowest BCUT2D eigenvalue weighted by molar-refractivity contribution is 0.0926. The van der Waals surface area contributed by atoms with Gasteiger partial charge in [-0.1, -0.05) is 11.8 Å². The van der Waals surface area contributed by atoms with Crippen LogP contribution in [0.5, 0.6) is 0 Å². The summed E-state index contributed by atoms with van der Waals surface area (Å²) >= 11 is 1.61. The maximum absolute atomic E-state index is 12.5. The van der Waals surface area contributed by atoms with Crippen molar-refractivity contribution in [3.05, 3.63) is 42.2 Å². The minimum absolute atomic E-state index is 0.0658. The molecule has 1 amide bonds. The first-order valence-corrected chi connectivity index (χ1v) is 9.47. The number of amides is 1. The van der Waals surface area contributed by atoms with Gasteiger partial charge in [0, 0.05) is 29.7 Å². The normalized spacial score (nSPS) is 17.5. The van der Waals surface area contributed by atoms with Crippen LogP contribution in [0.25, 0.3) is 5.69 Å². The zero-order chi connectivity index (χ0) is 15.8. The highest BCUT2D eigenvalue weighted by Gasteiger charge is 2.42. The standard InChI is InChI=1S/C18H21N3OS/c1-23-18-19-10-11-21(18)15-8-6-14(7-9-15)17(22)20-16(12-2-3-12)13-4-5-13/h6-13,16H,2-5H2,1H3,(H,20,22). The third kappa shape index (κ3) is 3.15. The number of aromatic nitrogens is 2. The number of rotatable bonds is 6. The lowest BCUT2D eigenvalue weighted by Gasteiger charge is -2.17. The van der Waals surface area contributed by atoms with Crippen molar-refractivity contribution in [3.8, 4) is 5.69 Å². The molecule has 4 rings (SSSR count). The van der Waals surface area contributed by atoms with Crippen molar-refractivity contribution >= 4 is 17.7 Å². The third-order valence-electron chi connectivity index (χ3n) is 4.75. The topological polar surface area (TPSA) is 46.9 Å². The van der Waals surface area contributed by atoms with Crippen LogP contribution >= 0.6 is 11.8 Å². The first-order chi connectivity index (χ1) is 11.3. The van der Waals surface area contributed by atoms with Gasteiger partial charge >= 0.3 is 0 Å². The molecule has 0 bridgehead atoms. The van der Waals surface area contributed by atoms with Crippen LogP contribution in [0.15, 0.2) is 41.8 Å².